The van der Waals surface area contributed by atoms with E-state index in [9.17, 15) is 9.59 Å². The van der Waals surface area contributed by atoms with Gasteiger partial charge in [0.05, 0.1) is 0 Å². The van der Waals surface area contributed by atoms with Crippen LogP contribution in [0.15, 0.2) is 54.6 Å². The summed E-state index contributed by atoms with van der Waals surface area (Å²) >= 11 is 0. The summed E-state index contributed by atoms with van der Waals surface area (Å²) in [7, 11) is 0. The molecule has 0 amide bonds. The molecule has 1 aliphatic rings. The normalized spacial score (nSPS) is 16.8. The highest BCUT2D eigenvalue weighted by Gasteiger charge is 2.27. The van der Waals surface area contributed by atoms with Crippen LogP contribution in [0.4, 0.5) is 0 Å². The van der Waals surface area contributed by atoms with E-state index in [-0.39, 0.29) is 5.78 Å². The molecule has 5 nitrogen and oxygen atoms in total. The van der Waals surface area contributed by atoms with Gasteiger partial charge in [0.1, 0.15) is 30.3 Å². The maximum absolute atomic E-state index is 12.4. The third-order valence-corrected chi connectivity index (χ3v) is 4.21. The topological polar surface area (TPSA) is 61.8 Å². The van der Waals surface area contributed by atoms with Crippen molar-refractivity contribution in [1.29, 1.82) is 0 Å². The van der Waals surface area contributed by atoms with Gasteiger partial charge in [-0.05, 0) is 43.5 Å². The van der Waals surface area contributed by atoms with Gasteiger partial charge in [-0.1, -0.05) is 30.3 Å². The van der Waals surface area contributed by atoms with E-state index in [1.807, 2.05) is 30.3 Å². The van der Waals surface area contributed by atoms with Crippen LogP contribution in [0.2, 0.25) is 0 Å². The largest absolute Gasteiger partial charge is 0.490 e. The molecule has 5 heteroatoms. The zero-order valence-corrected chi connectivity index (χ0v) is 14.6. The van der Waals surface area contributed by atoms with Crippen LogP contribution in [0, 0.1) is 0 Å². The summed E-state index contributed by atoms with van der Waals surface area (Å²) in [6.07, 6.45) is 2.21. The number of carbonyl (C=O) groups excluding carboxylic acids is 2. The van der Waals surface area contributed by atoms with Crippen LogP contribution in [0.25, 0.3) is 0 Å². The number of ether oxygens (including phenoxy) is 3. The lowest BCUT2D eigenvalue weighted by atomic mass is 9.96. The SMILES string of the molecule is O=C(O[C@@H]1CCCCC1=O)c1ccccc1OCCOc1ccccc1. The molecule has 0 bridgehead atoms. The quantitative estimate of drug-likeness (QED) is 0.559. The van der Waals surface area contributed by atoms with Crippen molar-refractivity contribution in [2.45, 2.75) is 31.8 Å². The van der Waals surface area contributed by atoms with E-state index in [1.165, 1.54) is 0 Å². The van der Waals surface area contributed by atoms with E-state index in [1.54, 1.807) is 24.3 Å². The molecule has 0 aromatic heterocycles. The number of para-hydroxylation sites is 2. The van der Waals surface area contributed by atoms with E-state index in [0.29, 0.717) is 37.4 Å². The second kappa shape index (κ2) is 9.04. The molecule has 3 rings (SSSR count). The van der Waals surface area contributed by atoms with Gasteiger partial charge in [-0.15, -0.1) is 0 Å². The summed E-state index contributed by atoms with van der Waals surface area (Å²) < 4.78 is 16.7. The highest BCUT2D eigenvalue weighted by molar-refractivity contribution is 5.95. The smallest absolute Gasteiger partial charge is 0.342 e. The molecule has 0 spiro atoms. The first-order valence-corrected chi connectivity index (χ1v) is 8.87. The van der Waals surface area contributed by atoms with Crippen molar-refractivity contribution >= 4 is 11.8 Å². The summed E-state index contributed by atoms with van der Waals surface area (Å²) in [6.45, 7) is 0.649. The molecule has 0 aliphatic heterocycles. The zero-order valence-electron chi connectivity index (χ0n) is 14.6. The Bertz CT molecular complexity index is 741. The number of hydrogen-bond donors (Lipinski definition) is 0. The van der Waals surface area contributed by atoms with Gasteiger partial charge in [0.25, 0.3) is 0 Å². The summed E-state index contributed by atoms with van der Waals surface area (Å²) in [4.78, 5) is 24.3. The van der Waals surface area contributed by atoms with Gasteiger partial charge in [0.2, 0.25) is 0 Å². The Morgan fingerprint density at radius 3 is 2.46 bits per heavy atom. The number of Topliss-reactive ketones (excluding diaryl/α,β-unsaturated/α-hetero) is 1. The standard InChI is InChI=1S/C21H22O5/c22-18-11-5-7-13-20(18)26-21(23)17-10-4-6-12-19(17)25-15-14-24-16-8-2-1-3-9-16/h1-4,6,8-10,12,20H,5,7,11,13-15H2/t20-/m1/s1. The number of esters is 1. The van der Waals surface area contributed by atoms with Crippen molar-refractivity contribution in [2.75, 3.05) is 13.2 Å². The van der Waals surface area contributed by atoms with Gasteiger partial charge in [-0.3, -0.25) is 4.79 Å². The molecule has 2 aromatic carbocycles. The van der Waals surface area contributed by atoms with Gasteiger partial charge >= 0.3 is 5.97 Å². The van der Waals surface area contributed by atoms with Crippen molar-refractivity contribution in [3.05, 3.63) is 60.2 Å². The van der Waals surface area contributed by atoms with Gasteiger partial charge in [0, 0.05) is 6.42 Å². The van der Waals surface area contributed by atoms with E-state index >= 15 is 0 Å². The van der Waals surface area contributed by atoms with Crippen LogP contribution in [0.5, 0.6) is 11.5 Å². The molecule has 1 aliphatic carbocycles. The van der Waals surface area contributed by atoms with Crippen LogP contribution in [0.1, 0.15) is 36.0 Å². The number of ketones is 1. The monoisotopic (exact) mass is 354 g/mol. The maximum atomic E-state index is 12.4. The summed E-state index contributed by atoms with van der Waals surface area (Å²) in [5.74, 6) is 0.668. The summed E-state index contributed by atoms with van der Waals surface area (Å²) in [5, 5.41) is 0. The lowest BCUT2D eigenvalue weighted by molar-refractivity contribution is -0.129. The number of benzene rings is 2. The fraction of sp³-hybridized carbons (Fsp3) is 0.333. The first-order chi connectivity index (χ1) is 12.7. The van der Waals surface area contributed by atoms with E-state index < -0.39 is 12.1 Å². The number of hydrogen-bond acceptors (Lipinski definition) is 5. The minimum Gasteiger partial charge on any atom is -0.490 e. The highest BCUT2D eigenvalue weighted by atomic mass is 16.6. The molecule has 2 aromatic rings. The fourth-order valence-corrected chi connectivity index (χ4v) is 2.86. The zero-order chi connectivity index (χ0) is 18.2. The van der Waals surface area contributed by atoms with Gasteiger partial charge in [-0.25, -0.2) is 4.79 Å². The van der Waals surface area contributed by atoms with Crippen LogP contribution < -0.4 is 9.47 Å². The molecule has 0 N–H and O–H groups in total. The predicted octanol–water partition coefficient (Wildman–Crippen LogP) is 3.81. The second-order valence-corrected chi connectivity index (χ2v) is 6.11. The minimum absolute atomic E-state index is 0.000685. The molecular weight excluding hydrogens is 332 g/mol. The van der Waals surface area contributed by atoms with Crippen molar-refractivity contribution in [1.82, 2.24) is 0 Å². The average Bonchev–Trinajstić information content (AvgIpc) is 2.68. The molecule has 136 valence electrons. The van der Waals surface area contributed by atoms with Crippen LogP contribution in [-0.4, -0.2) is 31.1 Å². The average molecular weight is 354 g/mol. The van der Waals surface area contributed by atoms with Crippen molar-refractivity contribution in [2.24, 2.45) is 0 Å². The predicted molar refractivity (Wildman–Crippen MR) is 96.6 cm³/mol. The van der Waals surface area contributed by atoms with Gasteiger partial charge < -0.3 is 14.2 Å². The Balaban J connectivity index is 1.55. The van der Waals surface area contributed by atoms with Crippen molar-refractivity contribution in [3.8, 4) is 11.5 Å². The third kappa shape index (κ3) is 4.85. The molecule has 1 saturated carbocycles. The molecular formula is C21H22O5. The number of carbonyl (C=O) groups is 2. The maximum Gasteiger partial charge on any atom is 0.342 e. The third-order valence-electron chi connectivity index (χ3n) is 4.21. The Labute approximate surface area is 152 Å². The summed E-state index contributed by atoms with van der Waals surface area (Å²) in [5.41, 5.74) is 0.325. The van der Waals surface area contributed by atoms with E-state index in [0.717, 1.165) is 18.6 Å². The van der Waals surface area contributed by atoms with Crippen LogP contribution in [-0.2, 0) is 9.53 Å². The molecule has 1 fully saturated rings. The van der Waals surface area contributed by atoms with E-state index in [2.05, 4.69) is 0 Å². The highest BCUT2D eigenvalue weighted by Crippen LogP contribution is 2.23. The van der Waals surface area contributed by atoms with Gasteiger partial charge in [0.15, 0.2) is 11.9 Å². The van der Waals surface area contributed by atoms with Gasteiger partial charge in [-0.2, -0.15) is 0 Å². The minimum atomic E-state index is -0.634. The lowest BCUT2D eigenvalue weighted by Gasteiger charge is -2.21. The van der Waals surface area contributed by atoms with Crippen LogP contribution >= 0.6 is 0 Å². The van der Waals surface area contributed by atoms with Crippen molar-refractivity contribution in [3.63, 3.8) is 0 Å². The molecule has 0 saturated heterocycles. The number of rotatable bonds is 7. The van der Waals surface area contributed by atoms with Crippen molar-refractivity contribution < 1.29 is 23.8 Å². The second-order valence-electron chi connectivity index (χ2n) is 6.11. The molecule has 26 heavy (non-hydrogen) atoms. The molecule has 1 atom stereocenters. The first-order valence-electron chi connectivity index (χ1n) is 8.87. The Morgan fingerprint density at radius 2 is 1.65 bits per heavy atom. The molecule has 0 heterocycles. The molecule has 0 radical (unpaired) electrons. The van der Waals surface area contributed by atoms with E-state index in [4.69, 9.17) is 14.2 Å². The lowest BCUT2D eigenvalue weighted by Crippen LogP contribution is -2.30. The molecule has 0 unspecified atom stereocenters. The Kier molecular flexibility index (Phi) is 6.25. The summed E-state index contributed by atoms with van der Waals surface area (Å²) in [6, 6.07) is 16.3. The fourth-order valence-electron chi connectivity index (χ4n) is 2.86. The Hall–Kier alpha value is -2.82. The first kappa shape index (κ1) is 18.0. The Morgan fingerprint density at radius 1 is 0.923 bits per heavy atom. The van der Waals surface area contributed by atoms with Crippen LogP contribution in [0.3, 0.4) is 0 Å².